The van der Waals surface area contributed by atoms with E-state index in [1.54, 1.807) is 24.3 Å². The molecular formula is C49H32O8. The summed E-state index contributed by atoms with van der Waals surface area (Å²) < 4.78 is 0. The van der Waals surface area contributed by atoms with Crippen LogP contribution in [0.15, 0.2) is 146 Å². The molecule has 1 spiro atoms. The lowest BCUT2D eigenvalue weighted by molar-refractivity contribution is 0.404. The monoisotopic (exact) mass is 748 g/mol. The first-order valence-electron chi connectivity index (χ1n) is 18.2. The molecule has 0 radical (unpaired) electrons. The highest BCUT2D eigenvalue weighted by atomic mass is 16.3. The van der Waals surface area contributed by atoms with Crippen LogP contribution in [0.25, 0.3) is 66.8 Å². The molecule has 276 valence electrons. The topological polar surface area (TPSA) is 162 Å². The summed E-state index contributed by atoms with van der Waals surface area (Å²) in [6, 6.07) is 43.6. The van der Waals surface area contributed by atoms with Gasteiger partial charge in [-0.3, -0.25) is 0 Å². The number of hydrogen-bond acceptors (Lipinski definition) is 8. The number of phenolic OH excluding ortho intramolecular Hbond substituents is 8. The van der Waals surface area contributed by atoms with E-state index in [-0.39, 0.29) is 46.0 Å². The fourth-order valence-corrected chi connectivity index (χ4v) is 8.76. The Bertz CT molecular complexity index is 2610. The molecular weight excluding hydrogens is 717 g/mol. The highest BCUT2D eigenvalue weighted by molar-refractivity contribution is 5.98. The molecule has 0 saturated heterocycles. The number of benzene rings is 8. The smallest absolute Gasteiger partial charge is 0.158 e. The predicted molar refractivity (Wildman–Crippen MR) is 218 cm³/mol. The standard InChI is InChI=1S/C49H32O8/c50-41-13-5-29(21-45(41)54)25-1-9-33-34-10-2-26(30-6-14-42(51)46(55)22-30)18-38(34)49(37(33)17-25)39-19-27(31-7-15-43(52)47(56)23-31)3-11-35(39)36-12-4-28(20-40(36)49)32-8-16-44(53)48(57)24-32/h1-24,50-57H. The van der Waals surface area contributed by atoms with Gasteiger partial charge in [-0.05, 0) is 162 Å². The summed E-state index contributed by atoms with van der Waals surface area (Å²) >= 11 is 0. The van der Waals surface area contributed by atoms with Crippen molar-refractivity contribution in [3.8, 4) is 113 Å². The summed E-state index contributed by atoms with van der Waals surface area (Å²) in [4.78, 5) is 0. The van der Waals surface area contributed by atoms with Crippen LogP contribution in [-0.4, -0.2) is 40.9 Å². The molecule has 0 atom stereocenters. The molecule has 0 aromatic heterocycles. The van der Waals surface area contributed by atoms with Gasteiger partial charge in [0, 0.05) is 0 Å². The van der Waals surface area contributed by atoms with Gasteiger partial charge in [0.2, 0.25) is 0 Å². The summed E-state index contributed by atoms with van der Waals surface area (Å²) in [5.41, 5.74) is 12.7. The number of hydrogen-bond donors (Lipinski definition) is 8. The summed E-state index contributed by atoms with van der Waals surface area (Å²) in [6.07, 6.45) is 0. The molecule has 8 heteroatoms. The van der Waals surface area contributed by atoms with Crippen molar-refractivity contribution >= 4 is 0 Å². The minimum Gasteiger partial charge on any atom is -0.504 e. The average Bonchev–Trinajstić information content (AvgIpc) is 3.67. The molecule has 0 amide bonds. The summed E-state index contributed by atoms with van der Waals surface area (Å²) in [6.45, 7) is 0. The highest BCUT2D eigenvalue weighted by Gasteiger charge is 2.52. The van der Waals surface area contributed by atoms with Crippen molar-refractivity contribution in [2.45, 2.75) is 5.41 Å². The first-order valence-corrected chi connectivity index (χ1v) is 18.2. The van der Waals surface area contributed by atoms with E-state index in [0.29, 0.717) is 22.3 Å². The molecule has 8 N–H and O–H groups in total. The third-order valence-corrected chi connectivity index (χ3v) is 11.5. The van der Waals surface area contributed by atoms with Crippen LogP contribution in [0.5, 0.6) is 46.0 Å². The normalized spacial score (nSPS) is 12.9. The van der Waals surface area contributed by atoms with Crippen molar-refractivity contribution in [2.24, 2.45) is 0 Å². The van der Waals surface area contributed by atoms with Gasteiger partial charge in [-0.2, -0.15) is 0 Å². The lowest BCUT2D eigenvalue weighted by Crippen LogP contribution is -2.26. The summed E-state index contributed by atoms with van der Waals surface area (Å²) in [7, 11) is 0. The Hall–Kier alpha value is -7.84. The lowest BCUT2D eigenvalue weighted by atomic mass is 9.69. The van der Waals surface area contributed by atoms with Crippen LogP contribution in [0.2, 0.25) is 0 Å². The Kier molecular flexibility index (Phi) is 7.14. The molecule has 0 unspecified atom stereocenters. The Morgan fingerprint density at radius 3 is 0.614 bits per heavy atom. The highest BCUT2D eigenvalue weighted by Crippen LogP contribution is 2.64. The van der Waals surface area contributed by atoms with E-state index < -0.39 is 5.41 Å². The van der Waals surface area contributed by atoms with E-state index in [2.05, 4.69) is 48.5 Å². The first-order chi connectivity index (χ1) is 27.5. The van der Waals surface area contributed by atoms with Gasteiger partial charge in [-0.25, -0.2) is 0 Å². The van der Waals surface area contributed by atoms with E-state index in [1.807, 2.05) is 24.3 Å². The zero-order valence-electron chi connectivity index (χ0n) is 29.9. The second kappa shape index (κ2) is 12.1. The molecule has 0 bridgehead atoms. The predicted octanol–water partition coefficient (Wildman–Crippen LogP) is 10.3. The molecule has 0 fully saturated rings. The second-order valence-corrected chi connectivity index (χ2v) is 14.6. The van der Waals surface area contributed by atoms with Gasteiger partial charge in [-0.1, -0.05) is 72.8 Å². The number of phenols is 8. The van der Waals surface area contributed by atoms with E-state index in [0.717, 1.165) is 66.8 Å². The van der Waals surface area contributed by atoms with Crippen molar-refractivity contribution in [3.63, 3.8) is 0 Å². The van der Waals surface area contributed by atoms with Crippen LogP contribution < -0.4 is 0 Å². The van der Waals surface area contributed by atoms with Crippen molar-refractivity contribution in [1.82, 2.24) is 0 Å². The first kappa shape index (κ1) is 33.7. The van der Waals surface area contributed by atoms with Crippen molar-refractivity contribution in [3.05, 3.63) is 168 Å². The van der Waals surface area contributed by atoms with E-state index in [4.69, 9.17) is 0 Å². The van der Waals surface area contributed by atoms with Crippen molar-refractivity contribution < 1.29 is 40.9 Å². The minimum absolute atomic E-state index is 0.226. The molecule has 0 aliphatic heterocycles. The zero-order valence-corrected chi connectivity index (χ0v) is 29.9. The molecule has 57 heavy (non-hydrogen) atoms. The number of fused-ring (bicyclic) bond motifs is 10. The third-order valence-electron chi connectivity index (χ3n) is 11.5. The molecule has 0 saturated carbocycles. The van der Waals surface area contributed by atoms with Gasteiger partial charge in [0.05, 0.1) is 5.41 Å². The Balaban J connectivity index is 1.32. The quantitative estimate of drug-likeness (QED) is 0.0825. The van der Waals surface area contributed by atoms with Crippen LogP contribution in [-0.2, 0) is 5.41 Å². The van der Waals surface area contributed by atoms with E-state index >= 15 is 0 Å². The van der Waals surface area contributed by atoms with Crippen LogP contribution in [0.1, 0.15) is 22.3 Å². The Morgan fingerprint density at radius 2 is 0.404 bits per heavy atom. The summed E-state index contributed by atoms with van der Waals surface area (Å²) in [5.74, 6) is -1.87. The molecule has 8 aromatic rings. The molecule has 10 rings (SSSR count). The molecule has 2 aliphatic rings. The number of rotatable bonds is 4. The fourth-order valence-electron chi connectivity index (χ4n) is 8.76. The SMILES string of the molecule is Oc1ccc(-c2ccc3c(c2)C2(c4cc(-c5ccc(O)c(O)c5)ccc4-3)c3cc(-c4ccc(O)c(O)c4)ccc3-c3ccc(-c4ccc(O)c(O)c4)cc32)cc1O. The largest absolute Gasteiger partial charge is 0.504 e. The third kappa shape index (κ3) is 4.94. The van der Waals surface area contributed by atoms with Gasteiger partial charge in [0.25, 0.3) is 0 Å². The van der Waals surface area contributed by atoms with Crippen molar-refractivity contribution in [1.29, 1.82) is 0 Å². The molecule has 2 aliphatic carbocycles. The maximum Gasteiger partial charge on any atom is 0.158 e. The van der Waals surface area contributed by atoms with Crippen LogP contribution in [0.4, 0.5) is 0 Å². The maximum atomic E-state index is 10.5. The van der Waals surface area contributed by atoms with Gasteiger partial charge in [0.15, 0.2) is 46.0 Å². The van der Waals surface area contributed by atoms with Gasteiger partial charge < -0.3 is 40.9 Å². The minimum atomic E-state index is -0.983. The molecule has 0 heterocycles. The van der Waals surface area contributed by atoms with E-state index in [9.17, 15) is 40.9 Å². The maximum absolute atomic E-state index is 10.5. The van der Waals surface area contributed by atoms with Gasteiger partial charge in [0.1, 0.15) is 0 Å². The Morgan fingerprint density at radius 1 is 0.211 bits per heavy atom. The van der Waals surface area contributed by atoms with Crippen LogP contribution >= 0.6 is 0 Å². The zero-order chi connectivity index (χ0) is 39.3. The molecule has 8 aromatic carbocycles. The van der Waals surface area contributed by atoms with E-state index in [1.165, 1.54) is 48.5 Å². The van der Waals surface area contributed by atoms with Crippen LogP contribution in [0.3, 0.4) is 0 Å². The van der Waals surface area contributed by atoms with Gasteiger partial charge in [-0.15, -0.1) is 0 Å². The Labute approximate surface area is 326 Å². The van der Waals surface area contributed by atoms with Crippen molar-refractivity contribution in [2.75, 3.05) is 0 Å². The number of aromatic hydroxyl groups is 8. The lowest BCUT2D eigenvalue weighted by Gasteiger charge is -2.32. The fraction of sp³-hybridized carbons (Fsp3) is 0.0204. The summed E-state index contributed by atoms with van der Waals surface area (Å²) in [5, 5.41) is 82.8. The van der Waals surface area contributed by atoms with Crippen LogP contribution in [0, 0.1) is 0 Å². The average molecular weight is 749 g/mol. The van der Waals surface area contributed by atoms with Gasteiger partial charge >= 0.3 is 0 Å². The molecule has 8 nitrogen and oxygen atoms in total. The second-order valence-electron chi connectivity index (χ2n) is 14.6.